The zero-order valence-electron chi connectivity index (χ0n) is 17.1. The molecule has 0 radical (unpaired) electrons. The standard InChI is InChI=1S/C25H27NO3S/c27-24(19-13-15-22(16-14-19)30-21-9-5-2-6-10-21)23(17-18-11-12-18)26-29-25(28)20-7-3-1-4-8-20/h2,5-6,9-10,13-16,18,20H,1,3-4,7-8,11-12,17H2. The number of oxime groups is 1. The molecule has 0 N–H and O–H groups in total. The van der Waals surface area contributed by atoms with Gasteiger partial charge in [-0.3, -0.25) is 4.79 Å². The molecule has 4 rings (SSSR count). The molecular formula is C25H27NO3S. The number of carbonyl (C=O) groups is 2. The van der Waals surface area contributed by atoms with Crippen LogP contribution in [-0.2, 0) is 9.63 Å². The van der Waals surface area contributed by atoms with Gasteiger partial charge in [0, 0.05) is 15.4 Å². The van der Waals surface area contributed by atoms with Crippen molar-refractivity contribution in [2.45, 2.75) is 61.2 Å². The average molecular weight is 422 g/mol. The molecule has 4 nitrogen and oxygen atoms in total. The summed E-state index contributed by atoms with van der Waals surface area (Å²) >= 11 is 1.66. The summed E-state index contributed by atoms with van der Waals surface area (Å²) in [6.07, 6.45) is 7.82. The topological polar surface area (TPSA) is 55.7 Å². The Kier molecular flexibility index (Phi) is 7.00. The van der Waals surface area contributed by atoms with Gasteiger partial charge in [0.05, 0.1) is 5.92 Å². The fraction of sp³-hybridized carbons (Fsp3) is 0.400. The van der Waals surface area contributed by atoms with E-state index >= 15 is 0 Å². The molecule has 2 aliphatic carbocycles. The maximum atomic E-state index is 13.0. The predicted molar refractivity (Wildman–Crippen MR) is 119 cm³/mol. The molecule has 30 heavy (non-hydrogen) atoms. The lowest BCUT2D eigenvalue weighted by molar-refractivity contribution is -0.149. The van der Waals surface area contributed by atoms with Crippen molar-refractivity contribution in [2.75, 3.05) is 0 Å². The van der Waals surface area contributed by atoms with Crippen molar-refractivity contribution in [1.29, 1.82) is 0 Å². The summed E-state index contributed by atoms with van der Waals surface area (Å²) in [7, 11) is 0. The van der Waals surface area contributed by atoms with Gasteiger partial charge in [0.2, 0.25) is 5.78 Å². The van der Waals surface area contributed by atoms with Crippen LogP contribution in [0.4, 0.5) is 0 Å². The van der Waals surface area contributed by atoms with Crippen molar-refractivity contribution in [3.63, 3.8) is 0 Å². The molecule has 0 spiro atoms. The Balaban J connectivity index is 1.42. The quantitative estimate of drug-likeness (QED) is 0.217. The van der Waals surface area contributed by atoms with Gasteiger partial charge in [-0.05, 0) is 74.4 Å². The summed E-state index contributed by atoms with van der Waals surface area (Å²) in [5.41, 5.74) is 0.950. The van der Waals surface area contributed by atoms with Gasteiger partial charge in [0.1, 0.15) is 5.71 Å². The molecule has 0 heterocycles. The van der Waals surface area contributed by atoms with E-state index in [2.05, 4.69) is 17.3 Å². The Morgan fingerprint density at radius 1 is 0.867 bits per heavy atom. The molecule has 2 saturated carbocycles. The van der Waals surface area contributed by atoms with Gasteiger partial charge in [-0.2, -0.15) is 0 Å². The molecule has 5 heteroatoms. The second-order valence-electron chi connectivity index (χ2n) is 8.20. The number of hydrogen-bond acceptors (Lipinski definition) is 5. The van der Waals surface area contributed by atoms with Crippen molar-refractivity contribution < 1.29 is 14.4 Å². The molecule has 2 fully saturated rings. The van der Waals surface area contributed by atoms with Gasteiger partial charge >= 0.3 is 5.97 Å². The minimum atomic E-state index is -0.287. The maximum absolute atomic E-state index is 13.0. The number of nitrogens with zero attached hydrogens (tertiary/aromatic N) is 1. The van der Waals surface area contributed by atoms with Gasteiger partial charge in [-0.25, -0.2) is 4.79 Å². The first-order chi connectivity index (χ1) is 14.7. The highest BCUT2D eigenvalue weighted by Gasteiger charge is 2.28. The normalized spacial score (nSPS) is 17.5. The number of benzene rings is 2. The molecule has 0 atom stereocenters. The first kappa shape index (κ1) is 20.9. The Hall–Kier alpha value is -2.40. The van der Waals surface area contributed by atoms with E-state index in [0.717, 1.165) is 48.3 Å². The van der Waals surface area contributed by atoms with Gasteiger partial charge < -0.3 is 4.84 Å². The number of rotatable bonds is 8. The number of carbonyl (C=O) groups excluding carboxylic acids is 2. The zero-order valence-corrected chi connectivity index (χ0v) is 17.9. The van der Waals surface area contributed by atoms with Crippen molar-refractivity contribution in [3.05, 3.63) is 60.2 Å². The lowest BCUT2D eigenvalue weighted by atomic mass is 9.89. The molecule has 156 valence electrons. The van der Waals surface area contributed by atoms with E-state index < -0.39 is 0 Å². The van der Waals surface area contributed by atoms with Crippen LogP contribution in [0.5, 0.6) is 0 Å². The van der Waals surface area contributed by atoms with Gasteiger partial charge in [-0.15, -0.1) is 0 Å². The van der Waals surface area contributed by atoms with Crippen LogP contribution < -0.4 is 0 Å². The van der Waals surface area contributed by atoms with Crippen LogP contribution in [0, 0.1) is 11.8 Å². The number of hydrogen-bond donors (Lipinski definition) is 0. The summed E-state index contributed by atoms with van der Waals surface area (Å²) < 4.78 is 0. The van der Waals surface area contributed by atoms with Gasteiger partial charge in [0.15, 0.2) is 0 Å². The number of ketones is 1. The van der Waals surface area contributed by atoms with Crippen molar-refractivity contribution >= 4 is 29.2 Å². The second-order valence-corrected chi connectivity index (χ2v) is 9.35. The molecule has 0 aliphatic heterocycles. The first-order valence-electron chi connectivity index (χ1n) is 10.8. The highest BCUT2D eigenvalue weighted by atomic mass is 32.2. The van der Waals surface area contributed by atoms with E-state index in [1.54, 1.807) is 11.8 Å². The van der Waals surface area contributed by atoms with E-state index in [9.17, 15) is 9.59 Å². The highest BCUT2D eigenvalue weighted by molar-refractivity contribution is 7.99. The number of Topliss-reactive ketones (excluding diaryl/α,β-unsaturated/α-hetero) is 1. The zero-order chi connectivity index (χ0) is 20.8. The Labute approximate surface area is 182 Å². The highest BCUT2D eigenvalue weighted by Crippen LogP contribution is 2.34. The van der Waals surface area contributed by atoms with Crippen LogP contribution in [0.15, 0.2) is 69.5 Å². The molecule has 0 bridgehead atoms. The van der Waals surface area contributed by atoms with E-state index in [1.807, 2.05) is 42.5 Å². The molecule has 2 aromatic carbocycles. The molecule has 0 saturated heterocycles. The monoisotopic (exact) mass is 421 g/mol. The van der Waals surface area contributed by atoms with Crippen molar-refractivity contribution in [2.24, 2.45) is 17.0 Å². The average Bonchev–Trinajstić information content (AvgIpc) is 3.62. The minimum Gasteiger partial charge on any atom is -0.318 e. The van der Waals surface area contributed by atoms with Crippen molar-refractivity contribution in [3.8, 4) is 0 Å². The molecule has 0 unspecified atom stereocenters. The third-order valence-corrected chi connectivity index (χ3v) is 6.74. The lowest BCUT2D eigenvalue weighted by Gasteiger charge is -2.18. The summed E-state index contributed by atoms with van der Waals surface area (Å²) in [5, 5.41) is 4.06. The third kappa shape index (κ3) is 5.82. The van der Waals surface area contributed by atoms with E-state index in [4.69, 9.17) is 4.84 Å². The third-order valence-electron chi connectivity index (χ3n) is 5.72. The molecule has 0 aromatic heterocycles. The molecule has 2 aromatic rings. The summed E-state index contributed by atoms with van der Waals surface area (Å²) in [5.74, 6) is -0.0249. The fourth-order valence-corrected chi connectivity index (χ4v) is 4.58. The Morgan fingerprint density at radius 3 is 2.20 bits per heavy atom. The lowest BCUT2D eigenvalue weighted by Crippen LogP contribution is -2.21. The second kappa shape index (κ2) is 10.1. The largest absolute Gasteiger partial charge is 0.338 e. The summed E-state index contributed by atoms with van der Waals surface area (Å²) in [4.78, 5) is 32.8. The molecule has 2 aliphatic rings. The minimum absolute atomic E-state index is 0.0749. The van der Waals surface area contributed by atoms with E-state index in [0.29, 0.717) is 23.6 Å². The smallest absolute Gasteiger partial charge is 0.318 e. The summed E-state index contributed by atoms with van der Waals surface area (Å²) in [6.45, 7) is 0. The van der Waals surface area contributed by atoms with Crippen LogP contribution in [0.1, 0.15) is 61.7 Å². The predicted octanol–water partition coefficient (Wildman–Crippen LogP) is 6.30. The molecular weight excluding hydrogens is 394 g/mol. The fourth-order valence-electron chi connectivity index (χ4n) is 3.75. The summed E-state index contributed by atoms with van der Waals surface area (Å²) in [6, 6.07) is 17.7. The van der Waals surface area contributed by atoms with Crippen LogP contribution in [0.25, 0.3) is 0 Å². The van der Waals surface area contributed by atoms with Crippen LogP contribution in [-0.4, -0.2) is 17.5 Å². The van der Waals surface area contributed by atoms with Crippen molar-refractivity contribution in [1.82, 2.24) is 0 Å². The Morgan fingerprint density at radius 2 is 1.53 bits per heavy atom. The SMILES string of the molecule is O=C(C(CC1CC1)=NOC(=O)C1CCCCC1)c1ccc(Sc2ccccc2)cc1. The molecule has 0 amide bonds. The van der Waals surface area contributed by atoms with E-state index in [1.165, 1.54) is 6.42 Å². The van der Waals surface area contributed by atoms with Gasteiger partial charge in [-0.1, -0.05) is 54.4 Å². The Bertz CT molecular complexity index is 898. The van der Waals surface area contributed by atoms with Crippen LogP contribution in [0.3, 0.4) is 0 Å². The maximum Gasteiger partial charge on any atom is 0.338 e. The van der Waals surface area contributed by atoms with Crippen LogP contribution in [0.2, 0.25) is 0 Å². The van der Waals surface area contributed by atoms with Gasteiger partial charge in [0.25, 0.3) is 0 Å². The van der Waals surface area contributed by atoms with Crippen LogP contribution >= 0.6 is 11.8 Å². The first-order valence-corrected chi connectivity index (χ1v) is 11.7. The van der Waals surface area contributed by atoms with E-state index in [-0.39, 0.29) is 17.7 Å².